The number of hydrogen-bond acceptors (Lipinski definition) is 3. The van der Waals surface area contributed by atoms with Gasteiger partial charge in [0.2, 0.25) is 0 Å². The Morgan fingerprint density at radius 1 is 0.957 bits per heavy atom. The number of hydrogen-bond donors (Lipinski definition) is 0. The van der Waals surface area contributed by atoms with Gasteiger partial charge in [-0.25, -0.2) is 0 Å². The lowest BCUT2D eigenvalue weighted by Crippen LogP contribution is -2.50. The Labute approximate surface area is 134 Å². The average Bonchev–Trinajstić information content (AvgIpc) is 2.54. The maximum Gasteiger partial charge on any atom is 0.321 e. The Morgan fingerprint density at radius 3 is 2.35 bits per heavy atom. The summed E-state index contributed by atoms with van der Waals surface area (Å²) in [6, 6.07) is 14.5. The summed E-state index contributed by atoms with van der Waals surface area (Å²) in [5.41, 5.74) is 2.26. The first-order valence-electron chi connectivity index (χ1n) is 7.82. The van der Waals surface area contributed by atoms with Gasteiger partial charge in [0.15, 0.2) is 0 Å². The van der Waals surface area contributed by atoms with Crippen LogP contribution in [0.1, 0.15) is 47.3 Å². The Morgan fingerprint density at radius 2 is 1.61 bits per heavy atom. The average molecular weight is 307 g/mol. The van der Waals surface area contributed by atoms with Crippen molar-refractivity contribution >= 4 is 11.9 Å². The highest BCUT2D eigenvalue weighted by molar-refractivity contribution is 6.01. The van der Waals surface area contributed by atoms with E-state index in [0.29, 0.717) is 11.3 Å². The predicted molar refractivity (Wildman–Crippen MR) is 85.3 cm³/mol. The van der Waals surface area contributed by atoms with Gasteiger partial charge in [0.25, 0.3) is 5.91 Å². The van der Waals surface area contributed by atoms with E-state index in [1.165, 1.54) is 0 Å². The fourth-order valence-corrected chi connectivity index (χ4v) is 3.69. The molecule has 23 heavy (non-hydrogen) atoms. The van der Waals surface area contributed by atoms with Gasteiger partial charge < -0.3 is 9.64 Å². The van der Waals surface area contributed by atoms with Crippen LogP contribution in [0.25, 0.3) is 0 Å². The molecule has 0 bridgehead atoms. The van der Waals surface area contributed by atoms with Gasteiger partial charge in [0, 0.05) is 17.2 Å². The third kappa shape index (κ3) is 1.91. The minimum Gasteiger partial charge on any atom is -0.426 e. The summed E-state index contributed by atoms with van der Waals surface area (Å²) in [6.45, 7) is 3.96. The quantitative estimate of drug-likeness (QED) is 0.600. The van der Waals surface area contributed by atoms with Gasteiger partial charge in [-0.2, -0.15) is 0 Å². The molecule has 2 aliphatic rings. The number of nitrogens with zero attached hydrogens (tertiary/aromatic N) is 1. The van der Waals surface area contributed by atoms with Crippen LogP contribution in [-0.4, -0.2) is 22.8 Å². The van der Waals surface area contributed by atoms with Crippen LogP contribution in [0.2, 0.25) is 0 Å². The third-order valence-electron chi connectivity index (χ3n) is 4.63. The van der Waals surface area contributed by atoms with Crippen LogP contribution in [0, 0.1) is 0 Å². The van der Waals surface area contributed by atoms with Crippen LogP contribution in [0.4, 0.5) is 0 Å². The zero-order valence-electron chi connectivity index (χ0n) is 13.0. The molecule has 4 nitrogen and oxygen atoms in total. The lowest BCUT2D eigenvalue weighted by molar-refractivity contribution is -0.139. The molecule has 2 aromatic carbocycles. The van der Waals surface area contributed by atoms with Gasteiger partial charge in [-0.1, -0.05) is 36.4 Å². The molecular formula is C19H17NO3. The van der Waals surface area contributed by atoms with E-state index in [9.17, 15) is 9.59 Å². The summed E-state index contributed by atoms with van der Waals surface area (Å²) in [5, 5.41) is 0. The number of carbonyl (C=O) groups is 2. The van der Waals surface area contributed by atoms with E-state index in [0.717, 1.165) is 11.1 Å². The van der Waals surface area contributed by atoms with E-state index in [2.05, 4.69) is 0 Å². The molecule has 0 aliphatic carbocycles. The van der Waals surface area contributed by atoms with E-state index in [1.807, 2.05) is 55.1 Å². The maximum absolute atomic E-state index is 13.0. The SMILES string of the molecule is CC(C)N1C(=O)c2ccccc2C2C(=O)Oc3ccccc3C21. The van der Waals surface area contributed by atoms with Crippen LogP contribution in [0.15, 0.2) is 48.5 Å². The van der Waals surface area contributed by atoms with Crippen LogP contribution < -0.4 is 4.74 Å². The highest BCUT2D eigenvalue weighted by atomic mass is 16.5. The number of fused-ring (bicyclic) bond motifs is 5. The molecule has 0 aromatic heterocycles. The fraction of sp³-hybridized carbons (Fsp3) is 0.263. The topological polar surface area (TPSA) is 46.6 Å². The Balaban J connectivity index is 2.00. The molecule has 0 spiro atoms. The van der Waals surface area contributed by atoms with E-state index in [4.69, 9.17) is 4.74 Å². The van der Waals surface area contributed by atoms with E-state index in [1.54, 1.807) is 12.1 Å². The lowest BCUT2D eigenvalue weighted by atomic mass is 9.77. The molecule has 2 aliphatic heterocycles. The zero-order valence-corrected chi connectivity index (χ0v) is 13.0. The normalized spacial score (nSPS) is 22.3. The van der Waals surface area contributed by atoms with Crippen molar-refractivity contribution in [3.05, 3.63) is 65.2 Å². The van der Waals surface area contributed by atoms with Crippen molar-refractivity contribution in [3.63, 3.8) is 0 Å². The van der Waals surface area contributed by atoms with Crippen molar-refractivity contribution in [2.45, 2.75) is 31.8 Å². The Hall–Kier alpha value is -2.62. The van der Waals surface area contributed by atoms with Crippen LogP contribution in [-0.2, 0) is 4.79 Å². The van der Waals surface area contributed by atoms with Crippen molar-refractivity contribution in [2.75, 3.05) is 0 Å². The van der Waals surface area contributed by atoms with Gasteiger partial charge in [-0.15, -0.1) is 0 Å². The number of ether oxygens (including phenoxy) is 1. The third-order valence-corrected chi connectivity index (χ3v) is 4.63. The summed E-state index contributed by atoms with van der Waals surface area (Å²) in [6.07, 6.45) is 0. The highest BCUT2D eigenvalue weighted by Crippen LogP contribution is 2.49. The van der Waals surface area contributed by atoms with Crippen molar-refractivity contribution in [1.82, 2.24) is 4.90 Å². The molecule has 0 saturated carbocycles. The number of rotatable bonds is 1. The Bertz CT molecular complexity index is 812. The van der Waals surface area contributed by atoms with Crippen molar-refractivity contribution < 1.29 is 14.3 Å². The van der Waals surface area contributed by atoms with Gasteiger partial charge in [0.05, 0.1) is 6.04 Å². The van der Waals surface area contributed by atoms with E-state index >= 15 is 0 Å². The van der Waals surface area contributed by atoms with Crippen molar-refractivity contribution in [1.29, 1.82) is 0 Å². The standard InChI is InChI=1S/C19H17NO3/c1-11(2)20-17-14-9-5-6-10-15(14)23-19(22)16(17)12-7-3-4-8-13(12)18(20)21/h3-11,16-17H,1-2H3. The molecule has 2 aromatic rings. The summed E-state index contributed by atoms with van der Waals surface area (Å²) >= 11 is 0. The summed E-state index contributed by atoms with van der Waals surface area (Å²) in [7, 11) is 0. The van der Waals surface area contributed by atoms with Crippen LogP contribution in [0.5, 0.6) is 5.75 Å². The maximum atomic E-state index is 13.0. The number of esters is 1. The second kappa shape index (κ2) is 4.95. The van der Waals surface area contributed by atoms with Crippen molar-refractivity contribution in [2.24, 2.45) is 0 Å². The first-order valence-corrected chi connectivity index (χ1v) is 7.82. The summed E-state index contributed by atoms with van der Waals surface area (Å²) in [4.78, 5) is 27.5. The second-order valence-corrected chi connectivity index (χ2v) is 6.27. The molecule has 0 fully saturated rings. The minimum atomic E-state index is -0.471. The van der Waals surface area contributed by atoms with Gasteiger partial charge in [0.1, 0.15) is 11.7 Å². The molecule has 2 atom stereocenters. The molecule has 0 saturated heterocycles. The predicted octanol–water partition coefficient (Wildman–Crippen LogP) is 3.29. The molecule has 2 unspecified atom stereocenters. The molecule has 116 valence electrons. The van der Waals surface area contributed by atoms with Gasteiger partial charge >= 0.3 is 5.97 Å². The number of amides is 1. The molecule has 2 heterocycles. The largest absolute Gasteiger partial charge is 0.426 e. The van der Waals surface area contributed by atoms with E-state index < -0.39 is 5.92 Å². The monoisotopic (exact) mass is 307 g/mol. The molecule has 0 N–H and O–H groups in total. The smallest absolute Gasteiger partial charge is 0.321 e. The molecule has 4 heteroatoms. The number of para-hydroxylation sites is 1. The highest BCUT2D eigenvalue weighted by Gasteiger charge is 2.49. The number of benzene rings is 2. The fourth-order valence-electron chi connectivity index (χ4n) is 3.69. The zero-order chi connectivity index (χ0) is 16.1. The molecule has 4 rings (SSSR count). The molecule has 1 amide bonds. The summed E-state index contributed by atoms with van der Waals surface area (Å²) < 4.78 is 5.54. The van der Waals surface area contributed by atoms with Crippen LogP contribution >= 0.6 is 0 Å². The summed E-state index contributed by atoms with van der Waals surface area (Å²) in [5.74, 6) is -0.238. The Kier molecular flexibility index (Phi) is 3.01. The lowest BCUT2D eigenvalue weighted by Gasteiger charge is -2.45. The van der Waals surface area contributed by atoms with E-state index in [-0.39, 0.29) is 24.0 Å². The molecular weight excluding hydrogens is 290 g/mol. The second-order valence-electron chi connectivity index (χ2n) is 6.27. The number of carbonyl (C=O) groups excluding carboxylic acids is 2. The van der Waals surface area contributed by atoms with Gasteiger partial charge in [-0.3, -0.25) is 9.59 Å². The molecule has 0 radical (unpaired) electrons. The first kappa shape index (κ1) is 14.0. The first-order chi connectivity index (χ1) is 11.1. The van der Waals surface area contributed by atoms with Crippen molar-refractivity contribution in [3.8, 4) is 5.75 Å². The van der Waals surface area contributed by atoms with Gasteiger partial charge in [-0.05, 0) is 31.5 Å². The minimum absolute atomic E-state index is 0.0117. The van der Waals surface area contributed by atoms with Crippen LogP contribution in [0.3, 0.4) is 0 Å².